The van der Waals surface area contributed by atoms with E-state index in [1.165, 1.54) is 5.69 Å². The highest BCUT2D eigenvalue weighted by atomic mass is 16.5. The number of rotatable bonds is 5. The van der Waals surface area contributed by atoms with Crippen molar-refractivity contribution in [2.45, 2.75) is 32.7 Å². The molecule has 2 aliphatic heterocycles. The summed E-state index contributed by atoms with van der Waals surface area (Å²) in [6.45, 7) is 7.31. The second kappa shape index (κ2) is 11.0. The monoisotopic (exact) mass is 550 g/mol. The molecule has 2 heterocycles. The Bertz CT molecular complexity index is 1470. The molecule has 0 bridgehead atoms. The normalized spacial score (nSPS) is 20.1. The van der Waals surface area contributed by atoms with Crippen LogP contribution in [0.15, 0.2) is 90.1 Å². The van der Waals surface area contributed by atoms with Crippen molar-refractivity contribution in [1.82, 2.24) is 4.90 Å². The Morgan fingerprint density at radius 1 is 0.902 bits per heavy atom. The van der Waals surface area contributed by atoms with Gasteiger partial charge in [0.1, 0.15) is 5.75 Å². The lowest BCUT2D eigenvalue weighted by atomic mass is 9.73. The van der Waals surface area contributed by atoms with E-state index in [2.05, 4.69) is 41.1 Å². The number of methoxy groups -OCH3 is 1. The first kappa shape index (κ1) is 26.9. The van der Waals surface area contributed by atoms with Crippen molar-refractivity contribution in [3.8, 4) is 5.75 Å². The van der Waals surface area contributed by atoms with Gasteiger partial charge in [0.15, 0.2) is 5.78 Å². The van der Waals surface area contributed by atoms with Gasteiger partial charge in [-0.3, -0.25) is 9.59 Å². The summed E-state index contributed by atoms with van der Waals surface area (Å²) in [5.41, 5.74) is 5.38. The highest BCUT2D eigenvalue weighted by Gasteiger charge is 2.43. The van der Waals surface area contributed by atoms with Gasteiger partial charge in [-0.1, -0.05) is 62.4 Å². The van der Waals surface area contributed by atoms with Crippen molar-refractivity contribution in [3.05, 3.63) is 95.7 Å². The molecule has 3 aromatic carbocycles. The van der Waals surface area contributed by atoms with Crippen LogP contribution < -0.4 is 19.9 Å². The van der Waals surface area contributed by atoms with Crippen molar-refractivity contribution >= 4 is 28.8 Å². The molecule has 41 heavy (non-hydrogen) atoms. The number of piperazine rings is 1. The average molecular weight is 551 g/mol. The van der Waals surface area contributed by atoms with Crippen LogP contribution in [0.4, 0.5) is 17.1 Å². The molecule has 0 aromatic heterocycles. The number of fused-ring (bicyclic) bond motifs is 1. The van der Waals surface area contributed by atoms with E-state index in [9.17, 15) is 9.59 Å². The molecule has 1 fully saturated rings. The van der Waals surface area contributed by atoms with Gasteiger partial charge in [0.2, 0.25) is 5.91 Å². The van der Waals surface area contributed by atoms with E-state index < -0.39 is 6.04 Å². The number of allylic oxidation sites excluding steroid dienone is 1. The summed E-state index contributed by atoms with van der Waals surface area (Å²) in [5, 5.41) is 3.64. The fourth-order valence-electron chi connectivity index (χ4n) is 6.54. The summed E-state index contributed by atoms with van der Waals surface area (Å²) in [5.74, 6) is 0.872. The van der Waals surface area contributed by atoms with Crippen molar-refractivity contribution in [3.63, 3.8) is 0 Å². The molecule has 0 radical (unpaired) electrons. The minimum Gasteiger partial charge on any atom is -0.496 e. The number of hydrogen-bond acceptors (Lipinski definition) is 6. The van der Waals surface area contributed by atoms with E-state index >= 15 is 0 Å². The van der Waals surface area contributed by atoms with E-state index in [1.54, 1.807) is 7.11 Å². The van der Waals surface area contributed by atoms with E-state index in [0.717, 1.165) is 47.7 Å². The molecule has 1 N–H and O–H groups in total. The van der Waals surface area contributed by atoms with Crippen LogP contribution >= 0.6 is 0 Å². The molecular weight excluding hydrogens is 512 g/mol. The Labute approximate surface area is 242 Å². The maximum Gasteiger partial charge on any atom is 0.242 e. The molecule has 0 saturated carbocycles. The third kappa shape index (κ3) is 5.29. The van der Waals surface area contributed by atoms with Crippen molar-refractivity contribution in [1.29, 1.82) is 0 Å². The number of nitrogens with one attached hydrogen (secondary N) is 1. The van der Waals surface area contributed by atoms with Crippen molar-refractivity contribution < 1.29 is 14.3 Å². The molecular formula is C34H38N4O3. The number of ether oxygens (including phenoxy) is 1. The molecule has 6 rings (SSSR count). The van der Waals surface area contributed by atoms with Gasteiger partial charge in [-0.15, -0.1) is 0 Å². The lowest BCUT2D eigenvalue weighted by Crippen LogP contribution is -2.52. The van der Waals surface area contributed by atoms with E-state index in [1.807, 2.05) is 71.6 Å². The number of nitrogens with zero attached hydrogens (tertiary/aromatic N) is 3. The standard InChI is InChI=1S/C34H38N4O3/c1-34(2)21-27-32(29(39)22-34)33(25-13-7-10-16-30(25)41-3)38(28-15-9-8-14-26(28)35-27)23-31(40)37-19-17-36(18-20-37)24-11-5-4-6-12-24/h4-16,33,35H,17-23H2,1-3H3. The number of Topliss-reactive ketones (excluding diaryl/α,β-unsaturated/α-hetero) is 1. The molecule has 1 unspecified atom stereocenters. The number of hydrogen-bond donors (Lipinski definition) is 1. The van der Waals surface area contributed by atoms with Gasteiger partial charge in [0.25, 0.3) is 0 Å². The van der Waals surface area contributed by atoms with Crippen LogP contribution in [0.1, 0.15) is 38.3 Å². The van der Waals surface area contributed by atoms with Crippen LogP contribution in [0.5, 0.6) is 5.75 Å². The zero-order valence-electron chi connectivity index (χ0n) is 24.1. The number of carbonyl (C=O) groups is 2. The summed E-state index contributed by atoms with van der Waals surface area (Å²) in [4.78, 5) is 34.4. The number of para-hydroxylation sites is 4. The molecule has 1 amide bonds. The smallest absolute Gasteiger partial charge is 0.242 e. The van der Waals surface area contributed by atoms with Crippen LogP contribution in [0, 0.1) is 5.41 Å². The maximum atomic E-state index is 14.0. The Morgan fingerprint density at radius 3 is 2.34 bits per heavy atom. The molecule has 0 spiro atoms. The van der Waals surface area contributed by atoms with Gasteiger partial charge in [0, 0.05) is 55.1 Å². The van der Waals surface area contributed by atoms with Gasteiger partial charge in [0.05, 0.1) is 31.1 Å². The minimum absolute atomic E-state index is 0.0556. The van der Waals surface area contributed by atoms with Crippen molar-refractivity contribution in [2.75, 3.05) is 55.0 Å². The predicted octanol–water partition coefficient (Wildman–Crippen LogP) is 5.66. The summed E-state index contributed by atoms with van der Waals surface area (Å²) in [6, 6.07) is 25.8. The zero-order valence-corrected chi connectivity index (χ0v) is 24.1. The van der Waals surface area contributed by atoms with Gasteiger partial charge < -0.3 is 24.8 Å². The highest BCUT2D eigenvalue weighted by molar-refractivity contribution is 6.02. The molecule has 212 valence electrons. The first-order valence-electron chi connectivity index (χ1n) is 14.4. The number of anilines is 3. The average Bonchev–Trinajstić information content (AvgIpc) is 3.11. The van der Waals surface area contributed by atoms with Gasteiger partial charge in [-0.2, -0.15) is 0 Å². The van der Waals surface area contributed by atoms with Gasteiger partial charge in [-0.25, -0.2) is 0 Å². The van der Waals surface area contributed by atoms with Crippen LogP contribution in [0.2, 0.25) is 0 Å². The quantitative estimate of drug-likeness (QED) is 0.442. The Balaban J connectivity index is 1.38. The lowest BCUT2D eigenvalue weighted by molar-refractivity contribution is -0.130. The van der Waals surface area contributed by atoms with Crippen LogP contribution in [-0.4, -0.2) is 56.4 Å². The van der Waals surface area contributed by atoms with E-state index in [0.29, 0.717) is 25.3 Å². The van der Waals surface area contributed by atoms with Crippen LogP contribution in [-0.2, 0) is 9.59 Å². The molecule has 3 aromatic rings. The first-order chi connectivity index (χ1) is 19.8. The lowest BCUT2D eigenvalue weighted by Gasteiger charge is -2.40. The van der Waals surface area contributed by atoms with Crippen LogP contribution in [0.25, 0.3) is 0 Å². The Morgan fingerprint density at radius 2 is 1.59 bits per heavy atom. The van der Waals surface area contributed by atoms with Crippen LogP contribution in [0.3, 0.4) is 0 Å². The maximum absolute atomic E-state index is 14.0. The topological polar surface area (TPSA) is 65.1 Å². The molecule has 1 atom stereocenters. The Kier molecular flexibility index (Phi) is 7.20. The third-order valence-electron chi connectivity index (χ3n) is 8.50. The second-order valence-electron chi connectivity index (χ2n) is 12.0. The molecule has 1 saturated heterocycles. The fraction of sp³-hybridized carbons (Fsp3) is 0.353. The zero-order chi connectivity index (χ0) is 28.6. The molecule has 7 nitrogen and oxygen atoms in total. The minimum atomic E-state index is -0.463. The largest absolute Gasteiger partial charge is 0.496 e. The number of carbonyl (C=O) groups excluding carboxylic acids is 2. The first-order valence-corrected chi connectivity index (χ1v) is 14.4. The SMILES string of the molecule is COc1ccccc1C1C2=C(CC(C)(C)CC2=O)Nc2ccccc2N1CC(=O)N1CCN(c2ccccc2)CC1. The van der Waals surface area contributed by atoms with Crippen molar-refractivity contribution in [2.24, 2.45) is 5.41 Å². The number of ketones is 1. The summed E-state index contributed by atoms with van der Waals surface area (Å²) in [7, 11) is 1.66. The second-order valence-corrected chi connectivity index (χ2v) is 12.0. The third-order valence-corrected chi connectivity index (χ3v) is 8.50. The fourth-order valence-corrected chi connectivity index (χ4v) is 6.54. The summed E-state index contributed by atoms with van der Waals surface area (Å²) in [6.07, 6.45) is 1.20. The van der Waals surface area contributed by atoms with Gasteiger partial charge >= 0.3 is 0 Å². The Hall–Kier alpha value is -4.26. The number of benzene rings is 3. The predicted molar refractivity (Wildman–Crippen MR) is 163 cm³/mol. The van der Waals surface area contributed by atoms with E-state index in [4.69, 9.17) is 4.74 Å². The van der Waals surface area contributed by atoms with E-state index in [-0.39, 0.29) is 23.7 Å². The molecule has 3 aliphatic rings. The number of amides is 1. The summed E-state index contributed by atoms with van der Waals surface area (Å²) < 4.78 is 5.82. The van der Waals surface area contributed by atoms with Gasteiger partial charge in [-0.05, 0) is 42.2 Å². The molecule has 7 heteroatoms. The highest BCUT2D eigenvalue weighted by Crippen LogP contribution is 2.49. The molecule has 1 aliphatic carbocycles. The summed E-state index contributed by atoms with van der Waals surface area (Å²) >= 11 is 0.